The van der Waals surface area contributed by atoms with Gasteiger partial charge in [0.15, 0.2) is 0 Å². The van der Waals surface area contributed by atoms with Gasteiger partial charge in [0, 0.05) is 0 Å². The Hall–Kier alpha value is -1.76. The fourth-order valence-electron chi connectivity index (χ4n) is 2.00. The van der Waals surface area contributed by atoms with Crippen molar-refractivity contribution in [3.63, 3.8) is 0 Å². The lowest BCUT2D eigenvalue weighted by Crippen LogP contribution is -2.34. The fourth-order valence-corrected chi connectivity index (χ4v) is 2.00. The standard InChI is InChI=1S/C12H21N5O2/c1-9(12(18)19)16-17(11-5-3-4-6-11)10(2)15-8-14-7-13/h8,11H,3-7,13H2,1-2H3,(H,18,19)/b14-8-,15-10+,16-9+. The van der Waals surface area contributed by atoms with Crippen molar-refractivity contribution in [2.45, 2.75) is 45.6 Å². The summed E-state index contributed by atoms with van der Waals surface area (Å²) in [6.45, 7) is 3.45. The van der Waals surface area contributed by atoms with Gasteiger partial charge >= 0.3 is 5.97 Å². The molecule has 0 atom stereocenters. The van der Waals surface area contributed by atoms with E-state index in [-0.39, 0.29) is 18.4 Å². The maximum Gasteiger partial charge on any atom is 0.351 e. The average Bonchev–Trinajstić information content (AvgIpc) is 2.89. The van der Waals surface area contributed by atoms with Crippen LogP contribution in [0.3, 0.4) is 0 Å². The largest absolute Gasteiger partial charge is 0.477 e. The number of nitrogens with two attached hydrogens (primary N) is 1. The first-order chi connectivity index (χ1) is 9.06. The van der Waals surface area contributed by atoms with Crippen molar-refractivity contribution in [1.82, 2.24) is 5.01 Å². The van der Waals surface area contributed by atoms with Crippen LogP contribution in [-0.4, -0.2) is 46.7 Å². The quantitative estimate of drug-likeness (QED) is 0.441. The van der Waals surface area contributed by atoms with Gasteiger partial charge in [0.1, 0.15) is 17.9 Å². The topological polar surface area (TPSA) is 104 Å². The number of amidine groups is 1. The van der Waals surface area contributed by atoms with Gasteiger partial charge in [-0.3, -0.25) is 4.99 Å². The summed E-state index contributed by atoms with van der Waals surface area (Å²) >= 11 is 0. The molecule has 0 bridgehead atoms. The average molecular weight is 267 g/mol. The molecule has 1 saturated carbocycles. The zero-order chi connectivity index (χ0) is 14.3. The van der Waals surface area contributed by atoms with E-state index < -0.39 is 5.97 Å². The van der Waals surface area contributed by atoms with E-state index >= 15 is 0 Å². The summed E-state index contributed by atoms with van der Waals surface area (Å²) in [7, 11) is 0. The normalized spacial score (nSPS) is 18.3. The van der Waals surface area contributed by atoms with Gasteiger partial charge in [-0.1, -0.05) is 12.8 Å². The van der Waals surface area contributed by atoms with Crippen molar-refractivity contribution in [2.75, 3.05) is 6.67 Å². The van der Waals surface area contributed by atoms with Crippen molar-refractivity contribution in [2.24, 2.45) is 20.8 Å². The maximum atomic E-state index is 10.9. The molecule has 0 aliphatic heterocycles. The number of hydrogen-bond acceptors (Lipinski definition) is 4. The van der Waals surface area contributed by atoms with Crippen molar-refractivity contribution in [1.29, 1.82) is 0 Å². The van der Waals surface area contributed by atoms with Crippen LogP contribution in [0.25, 0.3) is 0 Å². The second-order valence-electron chi connectivity index (χ2n) is 4.43. The van der Waals surface area contributed by atoms with E-state index in [2.05, 4.69) is 15.1 Å². The molecule has 0 aromatic rings. The van der Waals surface area contributed by atoms with Crippen molar-refractivity contribution in [3.8, 4) is 0 Å². The Morgan fingerprint density at radius 2 is 2.05 bits per heavy atom. The molecular formula is C12H21N5O2. The van der Waals surface area contributed by atoms with Crippen LogP contribution in [0.2, 0.25) is 0 Å². The number of carboxylic acid groups (broad SMARTS) is 1. The highest BCUT2D eigenvalue weighted by molar-refractivity contribution is 6.34. The molecule has 1 aliphatic carbocycles. The second kappa shape index (κ2) is 7.63. The van der Waals surface area contributed by atoms with Crippen LogP contribution in [0.1, 0.15) is 39.5 Å². The van der Waals surface area contributed by atoms with Crippen LogP contribution in [0.5, 0.6) is 0 Å². The first-order valence-electron chi connectivity index (χ1n) is 6.36. The smallest absolute Gasteiger partial charge is 0.351 e. The van der Waals surface area contributed by atoms with Crippen LogP contribution in [-0.2, 0) is 4.79 Å². The van der Waals surface area contributed by atoms with Gasteiger partial charge in [-0.05, 0) is 26.7 Å². The molecule has 0 radical (unpaired) electrons. The highest BCUT2D eigenvalue weighted by Crippen LogP contribution is 2.24. The highest BCUT2D eigenvalue weighted by atomic mass is 16.4. The van der Waals surface area contributed by atoms with E-state index in [4.69, 9.17) is 10.8 Å². The molecule has 7 nitrogen and oxygen atoms in total. The van der Waals surface area contributed by atoms with Crippen LogP contribution in [0, 0.1) is 0 Å². The summed E-state index contributed by atoms with van der Waals surface area (Å²) in [6.07, 6.45) is 5.64. The van der Waals surface area contributed by atoms with E-state index in [1.54, 1.807) is 11.9 Å². The number of nitrogens with zero attached hydrogens (tertiary/aromatic N) is 4. The van der Waals surface area contributed by atoms with Crippen molar-refractivity contribution in [3.05, 3.63) is 0 Å². The Labute approximate surface area is 112 Å². The van der Waals surface area contributed by atoms with E-state index in [0.717, 1.165) is 25.7 Å². The van der Waals surface area contributed by atoms with Gasteiger partial charge in [-0.15, -0.1) is 0 Å². The molecule has 3 N–H and O–H groups in total. The molecule has 1 rings (SSSR count). The molecule has 0 unspecified atom stereocenters. The molecule has 0 aromatic carbocycles. The zero-order valence-corrected chi connectivity index (χ0v) is 11.4. The van der Waals surface area contributed by atoms with E-state index in [0.29, 0.717) is 5.84 Å². The maximum absolute atomic E-state index is 10.9. The minimum Gasteiger partial charge on any atom is -0.477 e. The number of rotatable bonds is 5. The first-order valence-corrected chi connectivity index (χ1v) is 6.36. The summed E-state index contributed by atoms with van der Waals surface area (Å²) in [6, 6.07) is 0.212. The molecule has 1 aliphatic rings. The number of aliphatic imine (C=N–C) groups is 2. The number of aliphatic carboxylic acids is 1. The number of hydrazone groups is 1. The third-order valence-electron chi connectivity index (χ3n) is 3.00. The molecule has 19 heavy (non-hydrogen) atoms. The lowest BCUT2D eigenvalue weighted by atomic mass is 10.2. The molecule has 106 valence electrons. The molecule has 0 heterocycles. The highest BCUT2D eigenvalue weighted by Gasteiger charge is 2.24. The minimum absolute atomic E-state index is 0.0530. The lowest BCUT2D eigenvalue weighted by Gasteiger charge is -2.25. The van der Waals surface area contributed by atoms with Gasteiger partial charge in [0.2, 0.25) is 0 Å². The third-order valence-corrected chi connectivity index (χ3v) is 3.00. The van der Waals surface area contributed by atoms with Crippen LogP contribution >= 0.6 is 0 Å². The van der Waals surface area contributed by atoms with E-state index in [9.17, 15) is 4.79 Å². The van der Waals surface area contributed by atoms with Crippen LogP contribution in [0.15, 0.2) is 15.1 Å². The van der Waals surface area contributed by atoms with Crippen molar-refractivity contribution >= 4 is 23.9 Å². The molecule has 7 heteroatoms. The van der Waals surface area contributed by atoms with Crippen LogP contribution in [0.4, 0.5) is 0 Å². The summed E-state index contributed by atoms with van der Waals surface area (Å²) in [4.78, 5) is 18.8. The number of carbonyl (C=O) groups is 1. The Kier molecular flexibility index (Phi) is 6.14. The molecular weight excluding hydrogens is 246 g/mol. The van der Waals surface area contributed by atoms with E-state index in [1.165, 1.54) is 13.3 Å². The Bertz CT molecular complexity index is 397. The Balaban J connectivity index is 2.91. The third kappa shape index (κ3) is 4.78. The Morgan fingerprint density at radius 1 is 1.42 bits per heavy atom. The van der Waals surface area contributed by atoms with Gasteiger partial charge in [-0.25, -0.2) is 14.8 Å². The van der Waals surface area contributed by atoms with Crippen molar-refractivity contribution < 1.29 is 9.90 Å². The molecule has 0 spiro atoms. The summed E-state index contributed by atoms with van der Waals surface area (Å²) in [5.74, 6) is -0.392. The number of hydrogen-bond donors (Lipinski definition) is 2. The zero-order valence-electron chi connectivity index (χ0n) is 11.4. The summed E-state index contributed by atoms with van der Waals surface area (Å²) in [5.41, 5.74) is 5.30. The summed E-state index contributed by atoms with van der Waals surface area (Å²) < 4.78 is 0. The SMILES string of the molecule is C/C(=N\N(/C(C)=N/C=N\CN)C1CCCC1)C(=O)O. The summed E-state index contributed by atoms with van der Waals surface area (Å²) in [5, 5.41) is 14.8. The van der Waals surface area contributed by atoms with Crippen LogP contribution < -0.4 is 5.73 Å². The first kappa shape index (κ1) is 15.3. The van der Waals surface area contributed by atoms with Gasteiger partial charge in [0.25, 0.3) is 0 Å². The monoisotopic (exact) mass is 267 g/mol. The second-order valence-corrected chi connectivity index (χ2v) is 4.43. The molecule has 0 amide bonds. The molecule has 1 fully saturated rings. The van der Waals surface area contributed by atoms with E-state index in [1.807, 2.05) is 0 Å². The lowest BCUT2D eigenvalue weighted by molar-refractivity contribution is -0.129. The van der Waals surface area contributed by atoms with Gasteiger partial charge in [0.05, 0.1) is 12.7 Å². The fraction of sp³-hybridized carbons (Fsp3) is 0.667. The molecule has 0 aromatic heterocycles. The van der Waals surface area contributed by atoms with Gasteiger partial charge < -0.3 is 10.8 Å². The predicted octanol–water partition coefficient (Wildman–Crippen LogP) is 1.05. The number of carboxylic acids is 1. The Morgan fingerprint density at radius 3 is 2.58 bits per heavy atom. The van der Waals surface area contributed by atoms with Gasteiger partial charge in [-0.2, -0.15) is 5.10 Å². The molecule has 0 saturated heterocycles. The predicted molar refractivity (Wildman–Crippen MR) is 75.5 cm³/mol. The minimum atomic E-state index is -1.02.